The van der Waals surface area contributed by atoms with E-state index >= 15 is 0 Å². The quantitative estimate of drug-likeness (QED) is 0.117. The fourth-order valence-electron chi connectivity index (χ4n) is 7.23. The zero-order valence-corrected chi connectivity index (χ0v) is 48.0. The minimum Gasteiger partial charge on any atom is -0.0990 e. The highest BCUT2D eigenvalue weighted by Crippen LogP contribution is 2.33. The smallest absolute Gasteiger partial charge is 0.0146 e. The number of aryl methyl sites for hydroxylation is 6. The number of hydrogen-bond donors (Lipinski definition) is 0. The third kappa shape index (κ3) is 28.2. The predicted octanol–water partition coefficient (Wildman–Crippen LogP) is 22.7. The number of unbranched alkanes of at least 4 members (excludes halogenated alkanes) is 2. The summed E-state index contributed by atoms with van der Waals surface area (Å²) in [5.41, 5.74) is 19.7. The topological polar surface area (TPSA) is 0 Å². The molecule has 0 saturated carbocycles. The second-order valence-electron chi connectivity index (χ2n) is 18.5. The average molecular weight is 932 g/mol. The average Bonchev–Trinajstić information content (AvgIpc) is 3.31. The molecule has 0 spiro atoms. The molecule has 4 aromatic carbocycles. The molecular weight excluding hydrogens is 829 g/mol. The van der Waals surface area contributed by atoms with Gasteiger partial charge in [-0.25, -0.2) is 0 Å². The summed E-state index contributed by atoms with van der Waals surface area (Å²) in [4.78, 5) is 0. The Morgan fingerprint density at radius 2 is 0.971 bits per heavy atom. The first kappa shape index (κ1) is 65.9. The lowest BCUT2D eigenvalue weighted by Gasteiger charge is -2.15. The normalized spacial score (nSPS) is 12.3. The molecule has 0 heteroatoms. The molecule has 0 aliphatic heterocycles. The molecule has 69 heavy (non-hydrogen) atoms. The van der Waals surface area contributed by atoms with Gasteiger partial charge in [-0.1, -0.05) is 279 Å². The Bertz CT molecular complexity index is 2150. The summed E-state index contributed by atoms with van der Waals surface area (Å²) >= 11 is 0. The van der Waals surface area contributed by atoms with Crippen molar-refractivity contribution in [3.05, 3.63) is 208 Å². The minimum atomic E-state index is 0.501. The lowest BCUT2D eigenvalue weighted by Crippen LogP contribution is -1.94. The van der Waals surface area contributed by atoms with Gasteiger partial charge in [0.05, 0.1) is 0 Å². The van der Waals surface area contributed by atoms with Gasteiger partial charge in [-0.15, -0.1) is 0 Å². The van der Waals surface area contributed by atoms with E-state index < -0.39 is 0 Å². The van der Waals surface area contributed by atoms with Crippen LogP contribution in [0.15, 0.2) is 158 Å². The SMILES string of the molecule is C=C/C=C(\C=C/C(C)C)c1ccc(C)c(-c2cc(C(/C=C\C(C)CC)=C/C=C)ccc2C)c1.CC.CC1=C(c2ccccc2C)CCC=C1.CCC.CCC.CCCCC.Cc1cc(C)cc(C)c1. The molecule has 4 aromatic rings. The van der Waals surface area contributed by atoms with E-state index in [1.807, 2.05) is 26.0 Å². The number of rotatable bonds is 13. The Hall–Kier alpha value is -5.20. The van der Waals surface area contributed by atoms with Gasteiger partial charge in [-0.05, 0) is 152 Å². The molecule has 0 heterocycles. The highest BCUT2D eigenvalue weighted by molar-refractivity contribution is 5.84. The van der Waals surface area contributed by atoms with E-state index in [0.29, 0.717) is 11.8 Å². The van der Waals surface area contributed by atoms with E-state index in [1.165, 1.54) is 128 Å². The van der Waals surface area contributed by atoms with Crippen LogP contribution in [0.1, 0.15) is 191 Å². The van der Waals surface area contributed by atoms with Crippen molar-refractivity contribution < 1.29 is 0 Å². The van der Waals surface area contributed by atoms with Gasteiger partial charge in [-0.2, -0.15) is 0 Å². The van der Waals surface area contributed by atoms with Crippen LogP contribution in [-0.4, -0.2) is 0 Å². The van der Waals surface area contributed by atoms with Crippen molar-refractivity contribution in [3.8, 4) is 11.1 Å². The summed E-state index contributed by atoms with van der Waals surface area (Å²) in [6.45, 7) is 48.8. The second kappa shape index (κ2) is 40.7. The van der Waals surface area contributed by atoms with E-state index in [0.717, 1.165) is 6.42 Å². The van der Waals surface area contributed by atoms with E-state index in [9.17, 15) is 0 Å². The molecular formula is C69H102. The summed E-state index contributed by atoms with van der Waals surface area (Å²) in [6, 6.07) is 28.7. The van der Waals surface area contributed by atoms with Gasteiger partial charge in [0.2, 0.25) is 0 Å². The van der Waals surface area contributed by atoms with Gasteiger partial charge in [0.15, 0.2) is 0 Å². The highest BCUT2D eigenvalue weighted by atomic mass is 14.2. The van der Waals surface area contributed by atoms with Crippen molar-refractivity contribution in [2.45, 2.75) is 183 Å². The van der Waals surface area contributed by atoms with E-state index in [2.05, 4.69) is 258 Å². The van der Waals surface area contributed by atoms with Crippen LogP contribution in [0, 0.1) is 53.4 Å². The minimum absolute atomic E-state index is 0.501. The van der Waals surface area contributed by atoms with Crippen LogP contribution in [0.25, 0.3) is 27.8 Å². The zero-order chi connectivity index (χ0) is 52.7. The molecule has 0 aromatic heterocycles. The van der Waals surface area contributed by atoms with Crippen molar-refractivity contribution in [1.82, 2.24) is 0 Å². The van der Waals surface area contributed by atoms with Crippen LogP contribution < -0.4 is 0 Å². The van der Waals surface area contributed by atoms with Gasteiger partial charge in [0, 0.05) is 0 Å². The van der Waals surface area contributed by atoms with Crippen LogP contribution in [0.2, 0.25) is 0 Å². The number of hydrogen-bond acceptors (Lipinski definition) is 0. The van der Waals surface area contributed by atoms with E-state index in [4.69, 9.17) is 0 Å². The van der Waals surface area contributed by atoms with Crippen LogP contribution in [0.5, 0.6) is 0 Å². The molecule has 0 radical (unpaired) electrons. The van der Waals surface area contributed by atoms with Gasteiger partial charge < -0.3 is 0 Å². The Balaban J connectivity index is 0. The maximum Gasteiger partial charge on any atom is -0.0146 e. The number of benzene rings is 4. The molecule has 0 nitrogen and oxygen atoms in total. The lowest BCUT2D eigenvalue weighted by atomic mass is 9.90. The molecule has 0 saturated heterocycles. The molecule has 0 fully saturated rings. The largest absolute Gasteiger partial charge is 0.0990 e. The standard InChI is InChI=1S/C33H40.C14H16.C9H12.C5H12.2C3H8.C2H6/c1-9-12-28(18-14-24(4)5)30-20-16-26(7)32(22-30)33-23-31(21-17-27(33)8)29(13-10-2)19-15-25(6)11-3;1-11-7-3-5-9-13(11)14-10-6-4-8-12(14)2;1-7-4-8(2)6-9(3)5-7;1-3-5-4-2;2*1-3-2;1-2/h9-10,12-25H,1-2,11H2,3-8H3;3-5,7-9H,6,10H2,1-2H3;4-6H,1-3H3;3-5H2,1-2H3;2*3H2,1-2H3;1-2H3/b18-14-,19-15-,28-12+,29-13+;;;;;;. The van der Waals surface area contributed by atoms with Crippen molar-refractivity contribution in [2.24, 2.45) is 11.8 Å². The molecule has 0 N–H and O–H groups in total. The van der Waals surface area contributed by atoms with Gasteiger partial charge in [0.25, 0.3) is 0 Å². The summed E-state index contributed by atoms with van der Waals surface area (Å²) in [5, 5.41) is 0. The first-order valence-corrected chi connectivity index (χ1v) is 26.7. The van der Waals surface area contributed by atoms with Crippen molar-refractivity contribution >= 4 is 16.7 Å². The van der Waals surface area contributed by atoms with E-state index in [-0.39, 0.29) is 0 Å². The Morgan fingerprint density at radius 3 is 1.33 bits per heavy atom. The predicted molar refractivity (Wildman–Crippen MR) is 322 cm³/mol. The molecule has 1 unspecified atom stereocenters. The van der Waals surface area contributed by atoms with Gasteiger partial charge in [-0.3, -0.25) is 0 Å². The molecule has 378 valence electrons. The first-order chi connectivity index (χ1) is 33.0. The Kier molecular flexibility index (Phi) is 38.8. The first-order valence-electron chi connectivity index (χ1n) is 26.7. The Labute approximate surface area is 429 Å². The van der Waals surface area contributed by atoms with Crippen molar-refractivity contribution in [1.29, 1.82) is 0 Å². The summed E-state index contributed by atoms with van der Waals surface area (Å²) in [7, 11) is 0. The molecule has 0 bridgehead atoms. The van der Waals surface area contributed by atoms with Crippen LogP contribution in [-0.2, 0) is 0 Å². The monoisotopic (exact) mass is 931 g/mol. The molecule has 5 rings (SSSR count). The highest BCUT2D eigenvalue weighted by Gasteiger charge is 2.11. The van der Waals surface area contributed by atoms with Crippen LogP contribution in [0.3, 0.4) is 0 Å². The Morgan fingerprint density at radius 1 is 0.551 bits per heavy atom. The summed E-state index contributed by atoms with van der Waals surface area (Å²) in [6.07, 6.45) is 31.4. The lowest BCUT2D eigenvalue weighted by molar-refractivity contribution is 0.698. The maximum absolute atomic E-state index is 3.93. The molecule has 1 aliphatic rings. The van der Waals surface area contributed by atoms with Crippen molar-refractivity contribution in [2.75, 3.05) is 0 Å². The third-order valence-electron chi connectivity index (χ3n) is 10.9. The third-order valence-corrected chi connectivity index (χ3v) is 10.9. The summed E-state index contributed by atoms with van der Waals surface area (Å²) in [5.74, 6) is 1.05. The molecule has 0 amide bonds. The second-order valence-corrected chi connectivity index (χ2v) is 18.5. The van der Waals surface area contributed by atoms with Crippen molar-refractivity contribution in [3.63, 3.8) is 0 Å². The van der Waals surface area contributed by atoms with Gasteiger partial charge >= 0.3 is 0 Å². The molecule has 1 aliphatic carbocycles. The van der Waals surface area contributed by atoms with Crippen LogP contribution in [0.4, 0.5) is 0 Å². The summed E-state index contributed by atoms with van der Waals surface area (Å²) < 4.78 is 0. The van der Waals surface area contributed by atoms with Gasteiger partial charge in [0.1, 0.15) is 0 Å². The van der Waals surface area contributed by atoms with Crippen LogP contribution >= 0.6 is 0 Å². The fraction of sp³-hybridized carbons (Fsp3) is 0.420. The molecule has 1 atom stereocenters. The maximum atomic E-state index is 3.93. The fourth-order valence-corrected chi connectivity index (χ4v) is 7.23. The number of allylic oxidation sites excluding steroid dienone is 14. The van der Waals surface area contributed by atoms with E-state index in [1.54, 1.807) is 0 Å². The zero-order valence-electron chi connectivity index (χ0n) is 48.0.